The summed E-state index contributed by atoms with van der Waals surface area (Å²) in [6.45, 7) is 0. The Morgan fingerprint density at radius 1 is 1.43 bits per heavy atom. The number of rotatable bonds is 2. The summed E-state index contributed by atoms with van der Waals surface area (Å²) < 4.78 is 0. The van der Waals surface area contributed by atoms with E-state index in [0.29, 0.717) is 4.80 Å². The van der Waals surface area contributed by atoms with Gasteiger partial charge < -0.3 is 0 Å². The summed E-state index contributed by atoms with van der Waals surface area (Å²) in [4.78, 5) is 0.676. The van der Waals surface area contributed by atoms with Crippen LogP contribution in [0.15, 0.2) is 0 Å². The van der Waals surface area contributed by atoms with Crippen LogP contribution in [-0.4, -0.2) is 38.7 Å². The Labute approximate surface area is 51.9 Å². The van der Waals surface area contributed by atoms with E-state index >= 15 is 0 Å². The van der Waals surface area contributed by atoms with E-state index in [1.165, 1.54) is 0 Å². The van der Waals surface area contributed by atoms with Gasteiger partial charge in [-0.1, -0.05) is 0 Å². The fourth-order valence-electron chi connectivity index (χ4n) is 0.118. The quantitative estimate of drug-likeness (QED) is 0.297. The summed E-state index contributed by atoms with van der Waals surface area (Å²) in [5.74, 6) is 1.62. The van der Waals surface area contributed by atoms with Crippen LogP contribution in [0.5, 0.6) is 0 Å². The molecule has 0 rings (SSSR count). The van der Waals surface area contributed by atoms with Crippen LogP contribution in [-0.2, 0) is 0 Å². The first-order chi connectivity index (χ1) is 3.18. The molecule has 0 unspecified atom stereocenters. The predicted molar refractivity (Wildman–Crippen MR) is 46.5 cm³/mol. The van der Waals surface area contributed by atoms with Crippen molar-refractivity contribution >= 4 is 51.3 Å². The third-order valence-corrected chi connectivity index (χ3v) is 0.904. The molecule has 0 saturated heterocycles. The number of hydrogen-bond donors (Lipinski definition) is 1. The van der Waals surface area contributed by atoms with Crippen LogP contribution in [0, 0.1) is 0 Å². The van der Waals surface area contributed by atoms with Crippen LogP contribution in [0.4, 0.5) is 0 Å². The fraction of sp³-hybridized carbons (Fsp3) is 0. The first-order valence-corrected chi connectivity index (χ1v) is 2.32. The summed E-state index contributed by atoms with van der Waals surface area (Å²) in [7, 11) is 10.6. The molecule has 0 aliphatic rings. The van der Waals surface area contributed by atoms with Gasteiger partial charge in [0.1, 0.15) is 0 Å². The first kappa shape index (κ1) is 7.15. The van der Waals surface area contributed by atoms with Gasteiger partial charge in [0.15, 0.2) is 0 Å². The zero-order valence-electron chi connectivity index (χ0n) is 4.15. The average Bonchev–Trinajstić information content (AvgIpc) is 1.65. The molecule has 0 aliphatic heterocycles. The normalized spacial score (nSPS) is 7.14. The van der Waals surface area contributed by atoms with E-state index in [2.05, 4.69) is 35.1 Å². The monoisotopic (exact) mass is 106 g/mol. The van der Waals surface area contributed by atoms with Gasteiger partial charge in [-0.3, -0.25) is 0 Å². The standard InChI is InChI=1S/C3H5B3S/c4-1-2(5)3(6)7/h1,4-7H. The Kier molecular flexibility index (Phi) is 3.27. The molecule has 0 radical (unpaired) electrons. The molecule has 0 N–H and O–H groups in total. The molecule has 0 amide bonds. The Balaban J connectivity index is 3.81. The van der Waals surface area contributed by atoms with Crippen molar-refractivity contribution in [2.24, 2.45) is 0 Å². The van der Waals surface area contributed by atoms with Gasteiger partial charge in [-0.25, -0.2) is 0 Å². The van der Waals surface area contributed by atoms with E-state index in [0.717, 1.165) is 5.46 Å². The molecule has 0 bridgehead atoms. The number of hydrogen-bond acceptors (Lipinski definition) is 1. The maximum absolute atomic E-state index is 3.91. The third-order valence-electron chi connectivity index (χ3n) is 0.617. The Morgan fingerprint density at radius 2 is 1.86 bits per heavy atom. The van der Waals surface area contributed by atoms with Gasteiger partial charge in [0, 0.05) is 0 Å². The molecule has 0 aliphatic carbocycles. The molecular weight excluding hydrogens is 101 g/mol. The molecule has 0 heterocycles. The van der Waals surface area contributed by atoms with Gasteiger partial charge >= 0.3 is 51.3 Å². The van der Waals surface area contributed by atoms with Crippen LogP contribution in [0.3, 0.4) is 0 Å². The SMILES string of the molecule is B=CC(=B)C(=B)S. The van der Waals surface area contributed by atoms with Crippen molar-refractivity contribution in [3.05, 3.63) is 0 Å². The first-order valence-electron chi connectivity index (χ1n) is 1.88. The molecule has 0 aromatic heterocycles. The Hall–Kier alpha value is 0.155. The Bertz CT molecular complexity index is 117. The zero-order valence-corrected chi connectivity index (χ0v) is 5.04. The molecule has 0 aromatic carbocycles. The van der Waals surface area contributed by atoms with E-state index in [4.69, 9.17) is 0 Å². The van der Waals surface area contributed by atoms with Crippen LogP contribution < -0.4 is 0 Å². The van der Waals surface area contributed by atoms with Gasteiger partial charge in [-0.2, -0.15) is 0 Å². The third kappa shape index (κ3) is 2.80. The van der Waals surface area contributed by atoms with Crippen molar-refractivity contribution in [1.29, 1.82) is 0 Å². The zero-order chi connectivity index (χ0) is 5.86. The molecule has 0 fully saturated rings. The van der Waals surface area contributed by atoms with Gasteiger partial charge in [0.05, 0.1) is 0 Å². The summed E-state index contributed by atoms with van der Waals surface area (Å²) in [6.07, 6.45) is 0. The van der Waals surface area contributed by atoms with E-state index in [9.17, 15) is 0 Å². The second-order valence-corrected chi connectivity index (χ2v) is 1.72. The molecule has 32 valence electrons. The predicted octanol–water partition coefficient (Wildman–Crippen LogP) is -2.28. The van der Waals surface area contributed by atoms with Crippen molar-refractivity contribution < 1.29 is 0 Å². The van der Waals surface area contributed by atoms with E-state index in [1.54, 1.807) is 5.97 Å². The van der Waals surface area contributed by atoms with Gasteiger partial charge in [-0.15, -0.1) is 0 Å². The van der Waals surface area contributed by atoms with Gasteiger partial charge in [0.25, 0.3) is 0 Å². The molecule has 7 heavy (non-hydrogen) atoms. The van der Waals surface area contributed by atoms with E-state index in [-0.39, 0.29) is 0 Å². The molecular formula is C3H5B3S. The second-order valence-electron chi connectivity index (χ2n) is 1.18. The average molecular weight is 106 g/mol. The molecule has 0 aromatic rings. The molecule has 0 saturated carbocycles. The van der Waals surface area contributed by atoms with Crippen LogP contribution >= 0.6 is 12.6 Å². The van der Waals surface area contributed by atoms with Crippen LogP contribution in [0.2, 0.25) is 0 Å². The van der Waals surface area contributed by atoms with Crippen molar-refractivity contribution in [1.82, 2.24) is 0 Å². The topological polar surface area (TPSA) is 0 Å². The molecule has 4 heteroatoms. The summed E-state index contributed by atoms with van der Waals surface area (Å²) >= 11 is 3.91. The molecule has 0 atom stereocenters. The Morgan fingerprint density at radius 3 is 1.86 bits per heavy atom. The van der Waals surface area contributed by atoms with E-state index in [1.807, 2.05) is 0 Å². The summed E-state index contributed by atoms with van der Waals surface area (Å²) in [5, 5.41) is 0. The summed E-state index contributed by atoms with van der Waals surface area (Å²) in [5.41, 5.74) is 0.781. The van der Waals surface area contributed by atoms with Crippen molar-refractivity contribution in [2.45, 2.75) is 0 Å². The maximum atomic E-state index is 3.91. The number of thiol groups is 1. The second kappa shape index (κ2) is 3.19. The minimum absolute atomic E-state index is 0.676. The summed E-state index contributed by atoms with van der Waals surface area (Å²) in [6, 6.07) is 0. The van der Waals surface area contributed by atoms with Crippen molar-refractivity contribution in [3.8, 4) is 0 Å². The van der Waals surface area contributed by atoms with Gasteiger partial charge in [-0.05, 0) is 0 Å². The fourth-order valence-corrected chi connectivity index (χ4v) is 0.209. The van der Waals surface area contributed by atoms with Gasteiger partial charge in [0.2, 0.25) is 0 Å². The van der Waals surface area contributed by atoms with E-state index < -0.39 is 0 Å². The van der Waals surface area contributed by atoms with Crippen molar-refractivity contribution in [2.75, 3.05) is 0 Å². The molecule has 0 nitrogen and oxygen atoms in total. The van der Waals surface area contributed by atoms with Crippen LogP contribution in [0.1, 0.15) is 0 Å². The molecule has 0 spiro atoms. The minimum atomic E-state index is 0.676. The van der Waals surface area contributed by atoms with Crippen molar-refractivity contribution in [3.63, 3.8) is 0 Å². The van der Waals surface area contributed by atoms with Crippen LogP contribution in [0.25, 0.3) is 0 Å².